The van der Waals surface area contributed by atoms with Crippen LogP contribution >= 0.6 is 0 Å². The summed E-state index contributed by atoms with van der Waals surface area (Å²) in [6.45, 7) is 5.47. The van der Waals surface area contributed by atoms with Gasteiger partial charge in [0.05, 0.1) is 27.4 Å². The maximum atomic E-state index is 12.3. The number of rotatable bonds is 15. The Morgan fingerprint density at radius 1 is 0.771 bits per heavy atom. The van der Waals surface area contributed by atoms with Gasteiger partial charge in [-0.25, -0.2) is 0 Å². The molecular weight excluding hydrogens is 444 g/mol. The molecule has 6 nitrogen and oxygen atoms in total. The largest absolute Gasteiger partial charge is 0.508 e. The number of aliphatic hydroxyl groups excluding tert-OH is 1. The molecule has 0 aliphatic rings. The fraction of sp³-hybridized carbons (Fsp3) is 0.345. The van der Waals surface area contributed by atoms with Crippen molar-refractivity contribution in [3.8, 4) is 23.0 Å². The Morgan fingerprint density at radius 2 is 1.26 bits per heavy atom. The van der Waals surface area contributed by atoms with E-state index in [-0.39, 0.29) is 11.5 Å². The van der Waals surface area contributed by atoms with Gasteiger partial charge in [-0.3, -0.25) is 4.79 Å². The van der Waals surface area contributed by atoms with E-state index in [1.54, 1.807) is 32.4 Å². The average molecular weight is 481 g/mol. The summed E-state index contributed by atoms with van der Waals surface area (Å²) >= 11 is 0. The molecular formula is C29H36O6. The van der Waals surface area contributed by atoms with Crippen LogP contribution in [-0.4, -0.2) is 38.3 Å². The summed E-state index contributed by atoms with van der Waals surface area (Å²) in [5.41, 5.74) is 1.59. The van der Waals surface area contributed by atoms with Gasteiger partial charge in [-0.15, -0.1) is 0 Å². The van der Waals surface area contributed by atoms with Gasteiger partial charge in [-0.05, 0) is 60.4 Å². The second kappa shape index (κ2) is 15.3. The third kappa shape index (κ3) is 9.61. The molecule has 0 heterocycles. The molecule has 0 aromatic heterocycles. The Kier molecular flexibility index (Phi) is 12.0. The standard InChI is InChI=1S/C29H36O6/c1-5-7-17-34-26-15-11-22(19-28(26)32-3)9-13-24(30)21-25(31)14-10-23-12-16-27(29(20-23)33-4)35-18-8-6-2/h9-16,19-21,30H,5-8,17-18H2,1-4H3/b13-9+,14-10+,24-21-. The molecule has 0 saturated carbocycles. The van der Waals surface area contributed by atoms with Gasteiger partial charge in [-0.1, -0.05) is 51.0 Å². The van der Waals surface area contributed by atoms with Crippen molar-refractivity contribution in [3.63, 3.8) is 0 Å². The number of benzene rings is 2. The molecule has 0 fully saturated rings. The van der Waals surface area contributed by atoms with E-state index in [4.69, 9.17) is 18.9 Å². The number of carbonyl (C=O) groups is 1. The number of unbranched alkanes of at least 4 members (excludes halogenated alkanes) is 2. The average Bonchev–Trinajstić information content (AvgIpc) is 2.87. The molecule has 2 rings (SSSR count). The number of methoxy groups -OCH3 is 2. The van der Waals surface area contributed by atoms with Gasteiger partial charge in [0.25, 0.3) is 0 Å². The van der Waals surface area contributed by atoms with Crippen molar-refractivity contribution < 1.29 is 28.8 Å². The van der Waals surface area contributed by atoms with Crippen molar-refractivity contribution in [3.05, 3.63) is 71.5 Å². The highest BCUT2D eigenvalue weighted by Gasteiger charge is 2.06. The minimum Gasteiger partial charge on any atom is -0.508 e. The first kappa shape index (κ1) is 27.6. The molecule has 35 heavy (non-hydrogen) atoms. The van der Waals surface area contributed by atoms with E-state index < -0.39 is 0 Å². The summed E-state index contributed by atoms with van der Waals surface area (Å²) in [7, 11) is 3.16. The second-order valence-corrected chi connectivity index (χ2v) is 7.86. The molecule has 1 N–H and O–H groups in total. The quantitative estimate of drug-likeness (QED) is 0.131. The first-order valence-electron chi connectivity index (χ1n) is 11.9. The van der Waals surface area contributed by atoms with Crippen LogP contribution < -0.4 is 18.9 Å². The SMILES string of the molecule is CCCCOc1ccc(/C=C/C(=O)/C=C(O)/C=C/c2ccc(OCCCC)c(OC)c2)cc1OC. The zero-order chi connectivity index (χ0) is 25.5. The lowest BCUT2D eigenvalue weighted by molar-refractivity contribution is -0.110. The van der Waals surface area contributed by atoms with Crippen LogP contribution in [0.2, 0.25) is 0 Å². The van der Waals surface area contributed by atoms with Gasteiger partial charge >= 0.3 is 0 Å². The Morgan fingerprint density at radius 3 is 1.71 bits per heavy atom. The number of hydrogen-bond donors (Lipinski definition) is 1. The molecule has 2 aromatic carbocycles. The lowest BCUT2D eigenvalue weighted by Gasteiger charge is -2.11. The van der Waals surface area contributed by atoms with Crippen LogP contribution in [0.25, 0.3) is 12.2 Å². The van der Waals surface area contributed by atoms with Crippen molar-refractivity contribution in [1.82, 2.24) is 0 Å². The van der Waals surface area contributed by atoms with Gasteiger partial charge < -0.3 is 24.1 Å². The molecule has 0 unspecified atom stereocenters. The van der Waals surface area contributed by atoms with Crippen LogP contribution in [0.4, 0.5) is 0 Å². The lowest BCUT2D eigenvalue weighted by atomic mass is 10.1. The summed E-state index contributed by atoms with van der Waals surface area (Å²) in [5, 5.41) is 10.2. The van der Waals surface area contributed by atoms with Crippen LogP contribution in [0, 0.1) is 0 Å². The maximum Gasteiger partial charge on any atom is 0.182 e. The van der Waals surface area contributed by atoms with E-state index in [9.17, 15) is 9.90 Å². The van der Waals surface area contributed by atoms with Crippen LogP contribution in [0.15, 0.2) is 60.4 Å². The van der Waals surface area contributed by atoms with Crippen molar-refractivity contribution in [2.24, 2.45) is 0 Å². The Labute approximate surface area is 208 Å². The van der Waals surface area contributed by atoms with Gasteiger partial charge in [0, 0.05) is 6.08 Å². The first-order valence-corrected chi connectivity index (χ1v) is 11.9. The normalized spacial score (nSPS) is 11.7. The number of allylic oxidation sites excluding steroid dienone is 3. The predicted molar refractivity (Wildman–Crippen MR) is 141 cm³/mol. The first-order chi connectivity index (χ1) is 17.0. The van der Waals surface area contributed by atoms with E-state index in [1.165, 1.54) is 12.2 Å². The molecule has 6 heteroatoms. The second-order valence-electron chi connectivity index (χ2n) is 7.86. The van der Waals surface area contributed by atoms with Crippen LogP contribution in [0.3, 0.4) is 0 Å². The topological polar surface area (TPSA) is 74.2 Å². The highest BCUT2D eigenvalue weighted by atomic mass is 16.5. The minimum absolute atomic E-state index is 0.154. The Hall–Kier alpha value is -3.67. The third-order valence-corrected chi connectivity index (χ3v) is 5.06. The molecule has 0 aliphatic carbocycles. The smallest absolute Gasteiger partial charge is 0.182 e. The molecule has 0 aliphatic heterocycles. The molecule has 0 atom stereocenters. The highest BCUT2D eigenvalue weighted by molar-refractivity contribution is 6.02. The number of carbonyl (C=O) groups excluding carboxylic acids is 1. The number of hydrogen-bond acceptors (Lipinski definition) is 6. The number of ether oxygens (including phenoxy) is 4. The molecule has 2 aromatic rings. The van der Waals surface area contributed by atoms with Crippen molar-refractivity contribution >= 4 is 17.9 Å². The van der Waals surface area contributed by atoms with Crippen LogP contribution in [0.5, 0.6) is 23.0 Å². The van der Waals surface area contributed by atoms with E-state index in [0.717, 1.165) is 42.9 Å². The summed E-state index contributed by atoms with van der Waals surface area (Å²) in [6.07, 6.45) is 11.4. The molecule has 0 amide bonds. The van der Waals surface area contributed by atoms with E-state index in [2.05, 4.69) is 13.8 Å². The molecule has 0 spiro atoms. The van der Waals surface area contributed by atoms with Gasteiger partial charge in [0.15, 0.2) is 28.8 Å². The zero-order valence-electron chi connectivity index (χ0n) is 21.1. The van der Waals surface area contributed by atoms with Gasteiger partial charge in [0.1, 0.15) is 5.76 Å². The Balaban J connectivity index is 2.00. The van der Waals surface area contributed by atoms with Crippen molar-refractivity contribution in [2.75, 3.05) is 27.4 Å². The predicted octanol–water partition coefficient (Wildman–Crippen LogP) is 6.80. The molecule has 0 bridgehead atoms. The van der Waals surface area contributed by atoms with Crippen molar-refractivity contribution in [1.29, 1.82) is 0 Å². The number of ketones is 1. The van der Waals surface area contributed by atoms with Crippen molar-refractivity contribution in [2.45, 2.75) is 39.5 Å². The molecule has 0 radical (unpaired) electrons. The summed E-state index contributed by atoms with van der Waals surface area (Å²) in [5.74, 6) is 2.07. The van der Waals surface area contributed by atoms with E-state index in [0.29, 0.717) is 36.2 Å². The monoisotopic (exact) mass is 480 g/mol. The summed E-state index contributed by atoms with van der Waals surface area (Å²) < 4.78 is 22.2. The summed E-state index contributed by atoms with van der Waals surface area (Å²) in [6, 6.07) is 11.0. The van der Waals surface area contributed by atoms with Gasteiger partial charge in [0.2, 0.25) is 0 Å². The zero-order valence-corrected chi connectivity index (χ0v) is 21.1. The van der Waals surface area contributed by atoms with Gasteiger partial charge in [-0.2, -0.15) is 0 Å². The molecule has 188 valence electrons. The van der Waals surface area contributed by atoms with E-state index in [1.807, 2.05) is 30.3 Å². The fourth-order valence-corrected chi connectivity index (χ4v) is 3.07. The fourth-order valence-electron chi connectivity index (χ4n) is 3.07. The van der Waals surface area contributed by atoms with Crippen LogP contribution in [-0.2, 0) is 4.79 Å². The maximum absolute atomic E-state index is 12.3. The highest BCUT2D eigenvalue weighted by Crippen LogP contribution is 2.30. The Bertz CT molecular complexity index is 1040. The number of aliphatic hydroxyl groups is 1. The molecule has 0 saturated heterocycles. The minimum atomic E-state index is -0.341. The van der Waals surface area contributed by atoms with Crippen LogP contribution in [0.1, 0.15) is 50.7 Å². The third-order valence-electron chi connectivity index (χ3n) is 5.06. The van der Waals surface area contributed by atoms with E-state index >= 15 is 0 Å². The summed E-state index contributed by atoms with van der Waals surface area (Å²) in [4.78, 5) is 12.3. The lowest BCUT2D eigenvalue weighted by Crippen LogP contribution is -1.99.